The minimum Gasteiger partial charge on any atom is -0.463 e. The number of esters is 1. The molecule has 5 aromatic carbocycles. The molecule has 11 heteroatoms. The lowest BCUT2D eigenvalue weighted by molar-refractivity contribution is -0.393. The van der Waals surface area contributed by atoms with E-state index in [0.29, 0.717) is 45.4 Å². The Balaban J connectivity index is 0.965. The van der Waals surface area contributed by atoms with Gasteiger partial charge in [0.25, 0.3) is 11.4 Å². The van der Waals surface area contributed by atoms with E-state index in [1.165, 1.54) is 50.0 Å². The first-order chi connectivity index (χ1) is 22.2. The average Bonchev–Trinajstić information content (AvgIpc) is 3.05. The van der Waals surface area contributed by atoms with Crippen molar-refractivity contribution < 1.29 is 29.2 Å². The fourth-order valence-corrected chi connectivity index (χ4v) is 5.88. The van der Waals surface area contributed by atoms with Crippen LogP contribution in [0.3, 0.4) is 0 Å². The van der Waals surface area contributed by atoms with Crippen molar-refractivity contribution in [3.05, 3.63) is 98.6 Å². The molecule has 5 aromatic rings. The molecule has 0 aliphatic rings. The summed E-state index contributed by atoms with van der Waals surface area (Å²) < 4.78 is 10.9. The zero-order valence-electron chi connectivity index (χ0n) is 25.7. The second kappa shape index (κ2) is 14.9. The number of unbranched alkanes of at least 4 members (excludes halogenated alkanes) is 1. The van der Waals surface area contributed by atoms with Crippen molar-refractivity contribution >= 4 is 55.3 Å². The maximum atomic E-state index is 12.4. The van der Waals surface area contributed by atoms with Crippen LogP contribution < -0.4 is 4.90 Å². The van der Waals surface area contributed by atoms with Crippen LogP contribution >= 0.6 is 0 Å². The SMILES string of the molecule is CN(CCOCCCCC(O)COC(=O)CCCc1ccc2ccc3cccc4ccc1c2c34)c1ccc([N+](=O)[O-])cc1[N+](=O)[O-]. The standard InChI is InChI=1S/C35H37N3O8/c1-36(31-18-16-28(37(41)42)22-32(31)38(43)44)19-21-45-20-3-2-9-29(39)23-46-33(40)10-5-6-24-11-12-27-14-13-25-7-4-8-26-15-17-30(24)35(27)34(25)26/h4,7-8,11-18,22,29,39H,2-3,5-6,9-10,19-21,23H2,1H3. The molecule has 1 atom stereocenters. The first kappa shape index (κ1) is 32.5. The van der Waals surface area contributed by atoms with Crippen LogP contribution in [0.15, 0.2) is 72.8 Å². The van der Waals surface area contributed by atoms with Crippen molar-refractivity contribution in [1.29, 1.82) is 0 Å². The van der Waals surface area contributed by atoms with Gasteiger partial charge < -0.3 is 19.5 Å². The predicted molar refractivity (Wildman–Crippen MR) is 178 cm³/mol. The van der Waals surface area contributed by atoms with Gasteiger partial charge in [0.2, 0.25) is 0 Å². The molecule has 5 rings (SSSR count). The van der Waals surface area contributed by atoms with Gasteiger partial charge in [0.1, 0.15) is 12.3 Å². The van der Waals surface area contributed by atoms with Crippen molar-refractivity contribution in [3.8, 4) is 0 Å². The third-order valence-electron chi connectivity index (χ3n) is 8.31. The topological polar surface area (TPSA) is 145 Å². The van der Waals surface area contributed by atoms with E-state index in [-0.39, 0.29) is 36.1 Å². The first-order valence-corrected chi connectivity index (χ1v) is 15.4. The molecule has 0 aromatic heterocycles. The lowest BCUT2D eigenvalue weighted by Crippen LogP contribution is -2.23. The van der Waals surface area contributed by atoms with Crippen LogP contribution in [0.25, 0.3) is 32.3 Å². The highest BCUT2D eigenvalue weighted by Gasteiger charge is 2.22. The smallest absolute Gasteiger partial charge is 0.305 e. The van der Waals surface area contributed by atoms with Gasteiger partial charge >= 0.3 is 5.97 Å². The summed E-state index contributed by atoms with van der Waals surface area (Å²) in [7, 11) is 1.65. The van der Waals surface area contributed by atoms with Gasteiger partial charge in [0, 0.05) is 32.7 Å². The summed E-state index contributed by atoms with van der Waals surface area (Å²) in [5.74, 6) is -0.322. The number of hydrogen-bond donors (Lipinski definition) is 1. The van der Waals surface area contributed by atoms with Crippen LogP contribution in [0.1, 0.15) is 37.7 Å². The number of likely N-dealkylation sites (N-methyl/N-ethyl adjacent to an activating group) is 1. The van der Waals surface area contributed by atoms with Crippen LogP contribution in [0.5, 0.6) is 0 Å². The maximum Gasteiger partial charge on any atom is 0.305 e. The molecule has 0 aliphatic heterocycles. The minimum absolute atomic E-state index is 0.0444. The third-order valence-corrected chi connectivity index (χ3v) is 8.31. The zero-order chi connectivity index (χ0) is 32.6. The molecule has 0 heterocycles. The van der Waals surface area contributed by atoms with Crippen molar-refractivity contribution in [3.63, 3.8) is 0 Å². The van der Waals surface area contributed by atoms with E-state index in [1.807, 2.05) is 0 Å². The molecule has 11 nitrogen and oxygen atoms in total. The number of carbonyl (C=O) groups is 1. The second-order valence-electron chi connectivity index (χ2n) is 11.5. The molecule has 240 valence electrons. The first-order valence-electron chi connectivity index (χ1n) is 15.4. The number of rotatable bonds is 17. The number of ether oxygens (including phenoxy) is 2. The Bertz CT molecular complexity index is 1830. The van der Waals surface area contributed by atoms with E-state index in [1.54, 1.807) is 11.9 Å². The molecule has 0 fully saturated rings. The lowest BCUT2D eigenvalue weighted by Gasteiger charge is -2.19. The van der Waals surface area contributed by atoms with Gasteiger partial charge in [-0.25, -0.2) is 0 Å². The van der Waals surface area contributed by atoms with Gasteiger partial charge in [0.05, 0.1) is 28.6 Å². The number of non-ortho nitro benzene ring substituents is 1. The van der Waals surface area contributed by atoms with Gasteiger partial charge in [-0.2, -0.15) is 0 Å². The Morgan fingerprint density at radius 3 is 2.33 bits per heavy atom. The quantitative estimate of drug-likeness (QED) is 0.0380. The van der Waals surface area contributed by atoms with Crippen LogP contribution in [0.4, 0.5) is 17.1 Å². The summed E-state index contributed by atoms with van der Waals surface area (Å²) in [6.45, 7) is 1.05. The average molecular weight is 628 g/mol. The van der Waals surface area contributed by atoms with Gasteiger partial charge in [-0.15, -0.1) is 0 Å². The molecule has 46 heavy (non-hydrogen) atoms. The summed E-state index contributed by atoms with van der Waals surface area (Å²) >= 11 is 0. The molecule has 0 amide bonds. The number of aryl methyl sites for hydroxylation is 1. The van der Waals surface area contributed by atoms with Gasteiger partial charge in [-0.1, -0.05) is 54.6 Å². The Labute approximate surface area is 266 Å². The number of anilines is 1. The number of nitrogens with zero attached hydrogens (tertiary/aromatic N) is 3. The highest BCUT2D eigenvalue weighted by atomic mass is 16.6. The normalized spacial score (nSPS) is 12.1. The van der Waals surface area contributed by atoms with E-state index < -0.39 is 16.0 Å². The third kappa shape index (κ3) is 7.67. The molecule has 0 aliphatic carbocycles. The second-order valence-corrected chi connectivity index (χ2v) is 11.5. The van der Waals surface area contributed by atoms with Crippen molar-refractivity contribution in [2.45, 2.75) is 44.6 Å². The largest absolute Gasteiger partial charge is 0.463 e. The number of benzene rings is 5. The fourth-order valence-electron chi connectivity index (χ4n) is 5.88. The molecular formula is C35H37N3O8. The summed E-state index contributed by atoms with van der Waals surface area (Å²) in [5.41, 5.74) is 0.799. The van der Waals surface area contributed by atoms with Gasteiger partial charge in [0.15, 0.2) is 0 Å². The number of aliphatic hydroxyl groups excluding tert-OH is 1. The lowest BCUT2D eigenvalue weighted by atomic mass is 9.90. The highest BCUT2D eigenvalue weighted by Crippen LogP contribution is 2.36. The fraction of sp³-hybridized carbons (Fsp3) is 0.343. The maximum absolute atomic E-state index is 12.4. The van der Waals surface area contributed by atoms with E-state index in [0.717, 1.165) is 12.5 Å². The van der Waals surface area contributed by atoms with Crippen molar-refractivity contribution in [1.82, 2.24) is 0 Å². The minimum atomic E-state index is -0.754. The van der Waals surface area contributed by atoms with E-state index in [9.17, 15) is 30.1 Å². The Morgan fingerprint density at radius 2 is 1.59 bits per heavy atom. The number of carbonyl (C=O) groups excluding carboxylic acids is 1. The molecule has 0 spiro atoms. The predicted octanol–water partition coefficient (Wildman–Crippen LogP) is 6.95. The van der Waals surface area contributed by atoms with E-state index >= 15 is 0 Å². The Morgan fingerprint density at radius 1 is 0.870 bits per heavy atom. The Kier molecular flexibility index (Phi) is 10.6. The van der Waals surface area contributed by atoms with Crippen LogP contribution in [-0.2, 0) is 20.7 Å². The summed E-state index contributed by atoms with van der Waals surface area (Å²) in [5, 5.41) is 40.0. The zero-order valence-corrected chi connectivity index (χ0v) is 25.7. The highest BCUT2D eigenvalue weighted by molar-refractivity contribution is 6.23. The Hall–Kier alpha value is -4.87. The molecular weight excluding hydrogens is 590 g/mol. The van der Waals surface area contributed by atoms with Gasteiger partial charge in [-0.05, 0) is 76.1 Å². The summed E-state index contributed by atoms with van der Waals surface area (Å²) in [6, 6.07) is 22.8. The van der Waals surface area contributed by atoms with E-state index in [4.69, 9.17) is 9.47 Å². The number of aliphatic hydroxyl groups is 1. The van der Waals surface area contributed by atoms with Crippen LogP contribution in [0, 0.1) is 20.2 Å². The van der Waals surface area contributed by atoms with Crippen LogP contribution in [0.2, 0.25) is 0 Å². The molecule has 0 radical (unpaired) electrons. The molecule has 1 N–H and O–H groups in total. The number of hydrogen-bond acceptors (Lipinski definition) is 9. The summed E-state index contributed by atoms with van der Waals surface area (Å²) in [6.07, 6.45) is 2.77. The van der Waals surface area contributed by atoms with Crippen LogP contribution in [-0.4, -0.2) is 60.4 Å². The van der Waals surface area contributed by atoms with Crippen molar-refractivity contribution in [2.75, 3.05) is 38.3 Å². The van der Waals surface area contributed by atoms with Crippen molar-refractivity contribution in [2.24, 2.45) is 0 Å². The molecule has 0 saturated heterocycles. The molecule has 1 unspecified atom stereocenters. The number of nitro groups is 2. The number of nitro benzene ring substituents is 2. The molecule has 0 saturated carbocycles. The van der Waals surface area contributed by atoms with E-state index in [2.05, 4.69) is 54.6 Å². The van der Waals surface area contributed by atoms with Gasteiger partial charge in [-0.3, -0.25) is 25.0 Å². The monoisotopic (exact) mass is 627 g/mol. The summed E-state index contributed by atoms with van der Waals surface area (Å²) in [4.78, 5) is 35.0. The molecule has 0 bridgehead atoms.